The van der Waals surface area contributed by atoms with E-state index < -0.39 is 0 Å². The van der Waals surface area contributed by atoms with Crippen LogP contribution in [-0.4, -0.2) is 12.5 Å². The Morgan fingerprint density at radius 1 is 1.21 bits per heavy atom. The summed E-state index contributed by atoms with van der Waals surface area (Å²) in [5.74, 6) is -0.0862. The normalized spacial score (nSPS) is 10.4. The molecule has 1 aromatic carbocycles. The number of nitrogen functional groups attached to an aromatic ring is 1. The lowest BCUT2D eigenvalue weighted by atomic mass is 10.1. The molecule has 0 saturated carbocycles. The molecule has 3 nitrogen and oxygen atoms in total. The third-order valence-electron chi connectivity index (χ3n) is 3.07. The number of unbranched alkanes of at least 4 members (excludes halogenated alkanes) is 5. The van der Waals surface area contributed by atoms with Gasteiger partial charge in [0.1, 0.15) is 0 Å². The van der Waals surface area contributed by atoms with Crippen molar-refractivity contribution in [1.29, 1.82) is 0 Å². The second kappa shape index (κ2) is 8.81. The number of nitrogens with one attached hydrogen (secondary N) is 1. The average molecular weight is 283 g/mol. The fourth-order valence-electron chi connectivity index (χ4n) is 1.89. The van der Waals surface area contributed by atoms with Gasteiger partial charge in [-0.15, -0.1) is 0 Å². The number of benzene rings is 1. The van der Waals surface area contributed by atoms with Gasteiger partial charge in [0.15, 0.2) is 0 Å². The minimum atomic E-state index is -0.0862. The van der Waals surface area contributed by atoms with Gasteiger partial charge in [0.2, 0.25) is 0 Å². The molecule has 0 aliphatic rings. The van der Waals surface area contributed by atoms with Crippen LogP contribution in [0, 0.1) is 0 Å². The molecule has 0 fully saturated rings. The largest absolute Gasteiger partial charge is 0.398 e. The van der Waals surface area contributed by atoms with Crippen LogP contribution in [-0.2, 0) is 0 Å². The van der Waals surface area contributed by atoms with E-state index in [0.717, 1.165) is 6.42 Å². The lowest BCUT2D eigenvalue weighted by molar-refractivity contribution is 0.0953. The van der Waals surface area contributed by atoms with Crippen molar-refractivity contribution in [2.75, 3.05) is 12.3 Å². The fourth-order valence-corrected chi connectivity index (χ4v) is 2.01. The van der Waals surface area contributed by atoms with Crippen LogP contribution in [0.1, 0.15) is 55.8 Å². The summed E-state index contributed by atoms with van der Waals surface area (Å²) in [4.78, 5) is 11.8. The van der Waals surface area contributed by atoms with Crippen molar-refractivity contribution in [3.8, 4) is 0 Å². The number of nitrogens with two attached hydrogens (primary N) is 1. The molecule has 106 valence electrons. The molecular weight excluding hydrogens is 260 g/mol. The van der Waals surface area contributed by atoms with E-state index in [1.54, 1.807) is 18.2 Å². The molecule has 0 aliphatic heterocycles. The zero-order valence-corrected chi connectivity index (χ0v) is 12.3. The van der Waals surface area contributed by atoms with Crippen LogP contribution in [0.3, 0.4) is 0 Å². The number of rotatable bonds is 8. The maximum Gasteiger partial charge on any atom is 0.251 e. The number of carbonyl (C=O) groups excluding carboxylic acids is 1. The van der Waals surface area contributed by atoms with E-state index in [9.17, 15) is 4.79 Å². The lowest BCUT2D eigenvalue weighted by Crippen LogP contribution is -2.24. The SMILES string of the molecule is CCCCCCCCNC(=O)c1ccc(Cl)c(N)c1. The second-order valence-electron chi connectivity index (χ2n) is 4.76. The second-order valence-corrected chi connectivity index (χ2v) is 5.17. The molecule has 4 heteroatoms. The third kappa shape index (κ3) is 5.97. The standard InChI is InChI=1S/C15H23ClN2O/c1-2-3-4-5-6-7-10-18-15(19)12-8-9-13(16)14(17)11-12/h8-9,11H,2-7,10,17H2,1H3,(H,18,19). The predicted octanol–water partition coefficient (Wildman–Crippen LogP) is 4.01. The zero-order chi connectivity index (χ0) is 14.1. The van der Waals surface area contributed by atoms with Crippen LogP contribution >= 0.6 is 11.6 Å². The summed E-state index contributed by atoms with van der Waals surface area (Å²) < 4.78 is 0. The molecule has 0 saturated heterocycles. The van der Waals surface area contributed by atoms with E-state index in [2.05, 4.69) is 12.2 Å². The highest BCUT2D eigenvalue weighted by atomic mass is 35.5. The topological polar surface area (TPSA) is 55.1 Å². The van der Waals surface area contributed by atoms with Gasteiger partial charge in [0.05, 0.1) is 10.7 Å². The molecule has 0 bridgehead atoms. The van der Waals surface area contributed by atoms with Crippen LogP contribution in [0.15, 0.2) is 18.2 Å². The summed E-state index contributed by atoms with van der Waals surface area (Å²) in [5.41, 5.74) is 6.67. The van der Waals surface area contributed by atoms with Gasteiger partial charge in [-0.1, -0.05) is 50.6 Å². The molecule has 3 N–H and O–H groups in total. The molecule has 1 amide bonds. The predicted molar refractivity (Wildman–Crippen MR) is 81.6 cm³/mol. The van der Waals surface area contributed by atoms with Crippen molar-refractivity contribution in [3.05, 3.63) is 28.8 Å². The molecule has 0 atom stereocenters. The molecule has 0 aromatic heterocycles. The number of hydrogen-bond donors (Lipinski definition) is 2. The summed E-state index contributed by atoms with van der Waals surface area (Å²) in [7, 11) is 0. The Labute approximate surface area is 120 Å². The molecule has 0 spiro atoms. The van der Waals surface area contributed by atoms with Crippen molar-refractivity contribution < 1.29 is 4.79 Å². The van der Waals surface area contributed by atoms with Gasteiger partial charge in [-0.3, -0.25) is 4.79 Å². The number of hydrogen-bond acceptors (Lipinski definition) is 2. The molecule has 1 aromatic rings. The third-order valence-corrected chi connectivity index (χ3v) is 3.42. The molecule has 0 radical (unpaired) electrons. The van der Waals surface area contributed by atoms with E-state index in [-0.39, 0.29) is 5.91 Å². The van der Waals surface area contributed by atoms with Crippen LogP contribution < -0.4 is 11.1 Å². The molecule has 0 heterocycles. The number of carbonyl (C=O) groups is 1. The zero-order valence-electron chi connectivity index (χ0n) is 11.5. The maximum atomic E-state index is 11.8. The lowest BCUT2D eigenvalue weighted by Gasteiger charge is -2.06. The van der Waals surface area contributed by atoms with Gasteiger partial charge in [-0.2, -0.15) is 0 Å². The monoisotopic (exact) mass is 282 g/mol. The minimum absolute atomic E-state index is 0.0862. The van der Waals surface area contributed by atoms with Crippen LogP contribution in [0.5, 0.6) is 0 Å². The summed E-state index contributed by atoms with van der Waals surface area (Å²) >= 11 is 5.82. The minimum Gasteiger partial charge on any atom is -0.398 e. The van der Waals surface area contributed by atoms with Crippen molar-refractivity contribution in [2.24, 2.45) is 0 Å². The summed E-state index contributed by atoms with van der Waals surface area (Å²) in [5, 5.41) is 3.38. The van der Waals surface area contributed by atoms with Crippen molar-refractivity contribution >= 4 is 23.2 Å². The van der Waals surface area contributed by atoms with Crippen LogP contribution in [0.25, 0.3) is 0 Å². The highest BCUT2D eigenvalue weighted by molar-refractivity contribution is 6.33. The average Bonchev–Trinajstić information content (AvgIpc) is 2.40. The molecule has 1 rings (SSSR count). The first-order valence-corrected chi connectivity index (χ1v) is 7.36. The van der Waals surface area contributed by atoms with Crippen molar-refractivity contribution in [3.63, 3.8) is 0 Å². The van der Waals surface area contributed by atoms with Crippen LogP contribution in [0.2, 0.25) is 5.02 Å². The summed E-state index contributed by atoms with van der Waals surface area (Å²) in [6, 6.07) is 4.95. The van der Waals surface area contributed by atoms with E-state index >= 15 is 0 Å². The van der Waals surface area contributed by atoms with E-state index in [4.69, 9.17) is 17.3 Å². The van der Waals surface area contributed by atoms with E-state index in [1.165, 1.54) is 32.1 Å². The van der Waals surface area contributed by atoms with Crippen molar-refractivity contribution in [1.82, 2.24) is 5.32 Å². The Morgan fingerprint density at radius 2 is 1.89 bits per heavy atom. The molecule has 0 unspecified atom stereocenters. The number of anilines is 1. The first-order chi connectivity index (χ1) is 9.15. The Kier molecular flexibility index (Phi) is 7.34. The Morgan fingerprint density at radius 3 is 2.58 bits per heavy atom. The van der Waals surface area contributed by atoms with E-state index in [1.807, 2.05) is 0 Å². The Balaban J connectivity index is 2.22. The first-order valence-electron chi connectivity index (χ1n) is 6.98. The van der Waals surface area contributed by atoms with Gasteiger partial charge < -0.3 is 11.1 Å². The highest BCUT2D eigenvalue weighted by Gasteiger charge is 2.06. The smallest absolute Gasteiger partial charge is 0.251 e. The molecule has 19 heavy (non-hydrogen) atoms. The highest BCUT2D eigenvalue weighted by Crippen LogP contribution is 2.19. The van der Waals surface area contributed by atoms with E-state index in [0.29, 0.717) is 22.8 Å². The summed E-state index contributed by atoms with van der Waals surface area (Å²) in [6.45, 7) is 2.92. The molecular formula is C15H23ClN2O. The molecule has 0 aliphatic carbocycles. The van der Waals surface area contributed by atoms with Gasteiger partial charge in [-0.25, -0.2) is 0 Å². The maximum absolute atomic E-state index is 11.8. The number of amides is 1. The number of halogens is 1. The summed E-state index contributed by atoms with van der Waals surface area (Å²) in [6.07, 6.45) is 7.29. The Bertz CT molecular complexity index is 407. The van der Waals surface area contributed by atoms with Crippen molar-refractivity contribution in [2.45, 2.75) is 45.4 Å². The van der Waals surface area contributed by atoms with Gasteiger partial charge in [-0.05, 0) is 24.6 Å². The fraction of sp³-hybridized carbons (Fsp3) is 0.533. The van der Waals surface area contributed by atoms with Gasteiger partial charge >= 0.3 is 0 Å². The quantitative estimate of drug-likeness (QED) is 0.559. The first kappa shape index (κ1) is 15.8. The Hall–Kier alpha value is -1.22. The van der Waals surface area contributed by atoms with Crippen LogP contribution in [0.4, 0.5) is 5.69 Å². The van der Waals surface area contributed by atoms with Gasteiger partial charge in [0, 0.05) is 12.1 Å². The van der Waals surface area contributed by atoms with Gasteiger partial charge in [0.25, 0.3) is 5.91 Å².